The third-order valence-corrected chi connectivity index (χ3v) is 5.84. The van der Waals surface area contributed by atoms with Gasteiger partial charge in [-0.25, -0.2) is 10.1 Å². The minimum Gasteiger partial charge on any atom is -0.308 e. The zero-order valence-corrected chi connectivity index (χ0v) is 18.3. The summed E-state index contributed by atoms with van der Waals surface area (Å²) < 4.78 is 20.2. The Balaban J connectivity index is 0.000000176. The van der Waals surface area contributed by atoms with Crippen molar-refractivity contribution in [1.82, 2.24) is 14.3 Å². The van der Waals surface area contributed by atoms with Gasteiger partial charge in [0.05, 0.1) is 11.9 Å². The van der Waals surface area contributed by atoms with Gasteiger partial charge in [-0.15, -0.1) is 4.48 Å². The number of hydrogen-bond donors (Lipinski definition) is 1. The lowest BCUT2D eigenvalue weighted by Crippen LogP contribution is -2.18. The van der Waals surface area contributed by atoms with Crippen molar-refractivity contribution < 1.29 is 4.48 Å². The fourth-order valence-electron chi connectivity index (χ4n) is 3.05. The topological polar surface area (TPSA) is 44.3 Å². The molecule has 29 heavy (non-hydrogen) atoms. The molecular weight excluding hydrogens is 405 g/mol. The van der Waals surface area contributed by atoms with E-state index in [1.807, 2.05) is 24.4 Å². The van der Waals surface area contributed by atoms with Crippen molar-refractivity contribution in [3.63, 3.8) is 0 Å². The van der Waals surface area contributed by atoms with Crippen LogP contribution in [0.2, 0.25) is 0 Å². The van der Waals surface area contributed by atoms with E-state index in [1.54, 1.807) is 0 Å². The molecular formula is C21H26FN5S2. The highest BCUT2D eigenvalue weighted by Crippen LogP contribution is 2.24. The minimum absolute atomic E-state index is 0.475. The molecule has 1 fully saturated rings. The van der Waals surface area contributed by atoms with Crippen LogP contribution in [0.3, 0.4) is 0 Å². The Labute approximate surface area is 180 Å². The second-order valence-corrected chi connectivity index (χ2v) is 8.34. The largest absolute Gasteiger partial charge is 0.308 e. The van der Waals surface area contributed by atoms with Gasteiger partial charge in [0, 0.05) is 30.9 Å². The Morgan fingerprint density at radius 2 is 1.97 bits per heavy atom. The van der Waals surface area contributed by atoms with Crippen LogP contribution in [0.4, 0.5) is 16.0 Å². The molecule has 0 atom stereocenters. The second-order valence-electron chi connectivity index (χ2n) is 6.84. The molecule has 0 amide bonds. The van der Waals surface area contributed by atoms with Gasteiger partial charge >= 0.3 is 0 Å². The highest BCUT2D eigenvalue weighted by Gasteiger charge is 2.10. The first-order valence-corrected chi connectivity index (χ1v) is 11.2. The molecule has 2 aromatic heterocycles. The van der Waals surface area contributed by atoms with E-state index >= 15 is 0 Å². The number of aryl methyl sites for hydroxylation is 1. The van der Waals surface area contributed by atoms with E-state index < -0.39 is 0 Å². The third-order valence-electron chi connectivity index (χ3n) is 4.54. The van der Waals surface area contributed by atoms with Crippen LogP contribution in [-0.4, -0.2) is 34.4 Å². The average molecular weight is 432 g/mol. The first kappa shape index (κ1) is 21.5. The zero-order valence-electron chi connectivity index (χ0n) is 16.7. The predicted molar refractivity (Wildman–Crippen MR) is 121 cm³/mol. The number of nitrogens with one attached hydrogen (secondary N) is 1. The van der Waals surface area contributed by atoms with Gasteiger partial charge in [-0.2, -0.15) is 4.37 Å². The molecule has 3 heterocycles. The number of pyridine rings is 1. The van der Waals surface area contributed by atoms with E-state index in [1.165, 1.54) is 68.2 Å². The molecule has 0 saturated carbocycles. The number of aromatic nitrogens is 2. The summed E-state index contributed by atoms with van der Waals surface area (Å²) in [5, 5.41) is 3.23. The molecule has 3 aromatic rings. The van der Waals surface area contributed by atoms with Crippen molar-refractivity contribution in [2.24, 2.45) is 0 Å². The van der Waals surface area contributed by atoms with Crippen LogP contribution in [-0.2, 0) is 6.54 Å². The maximum Gasteiger partial charge on any atom is 0.149 e. The first-order chi connectivity index (χ1) is 14.1. The van der Waals surface area contributed by atoms with Gasteiger partial charge in [0.25, 0.3) is 0 Å². The van der Waals surface area contributed by atoms with Gasteiger partial charge in [0.1, 0.15) is 10.8 Å². The Kier molecular flexibility index (Phi) is 8.27. The monoisotopic (exact) mass is 431 g/mol. The highest BCUT2D eigenvalue weighted by atomic mass is 32.2. The van der Waals surface area contributed by atoms with E-state index in [-0.39, 0.29) is 0 Å². The molecule has 0 radical (unpaired) electrons. The fourth-order valence-corrected chi connectivity index (χ4v) is 4.25. The number of rotatable bonds is 6. The normalized spacial score (nSPS) is 13.6. The molecule has 0 aliphatic carbocycles. The summed E-state index contributed by atoms with van der Waals surface area (Å²) >= 11 is 2.74. The van der Waals surface area contributed by atoms with Crippen LogP contribution < -0.4 is 9.84 Å². The summed E-state index contributed by atoms with van der Waals surface area (Å²) in [7, 11) is 1.35. The Morgan fingerprint density at radius 3 is 2.59 bits per heavy atom. The molecule has 1 aromatic carbocycles. The SMILES string of the molecule is Cc1cc(SNc2ccsn2)ncc1N(C)F.c1ccc(CN2CCCC2)cc1. The number of anilines is 2. The lowest BCUT2D eigenvalue weighted by molar-refractivity contribution is 0.331. The van der Waals surface area contributed by atoms with Crippen molar-refractivity contribution in [2.75, 3.05) is 30.0 Å². The number of likely N-dealkylation sites (tertiary alicyclic amines) is 1. The molecule has 154 valence electrons. The minimum atomic E-state index is 0.475. The standard InChI is InChI=1S/C11H15N.C10H11FN4S2/c1-2-6-11(7-3-1)10-12-8-4-5-9-12;1-7-5-10(12-6-8(7)15(2)11)17-14-9-3-4-16-13-9/h1-3,6-7H,4-5,8-10H2;3-6H,1-2H3,(H,13,14). The summed E-state index contributed by atoms with van der Waals surface area (Å²) in [4.78, 5) is 6.68. The van der Waals surface area contributed by atoms with Crippen LogP contribution in [0, 0.1) is 6.92 Å². The number of benzene rings is 1. The molecule has 0 bridgehead atoms. The predicted octanol–water partition coefficient (Wildman–Crippen LogP) is 5.57. The molecule has 1 aliphatic rings. The lowest BCUT2D eigenvalue weighted by atomic mass is 10.2. The van der Waals surface area contributed by atoms with Crippen molar-refractivity contribution in [3.8, 4) is 0 Å². The van der Waals surface area contributed by atoms with Gasteiger partial charge < -0.3 is 4.72 Å². The Hall–Kier alpha value is -2.16. The van der Waals surface area contributed by atoms with Gasteiger partial charge in [-0.3, -0.25) is 4.90 Å². The van der Waals surface area contributed by atoms with E-state index in [9.17, 15) is 4.48 Å². The number of nitrogens with zero attached hydrogens (tertiary/aromatic N) is 4. The Bertz CT molecular complexity index is 853. The highest BCUT2D eigenvalue weighted by molar-refractivity contribution is 8.00. The summed E-state index contributed by atoms with van der Waals surface area (Å²) in [6.07, 6.45) is 4.28. The zero-order chi connectivity index (χ0) is 20.5. The fraction of sp³-hybridized carbons (Fsp3) is 0.333. The summed E-state index contributed by atoms with van der Waals surface area (Å²) in [5.74, 6) is 0.797. The van der Waals surface area contributed by atoms with Crippen LogP contribution in [0.5, 0.6) is 0 Å². The number of halogens is 1. The van der Waals surface area contributed by atoms with Crippen LogP contribution >= 0.6 is 23.5 Å². The van der Waals surface area contributed by atoms with E-state index in [0.29, 0.717) is 10.8 Å². The van der Waals surface area contributed by atoms with Crippen molar-refractivity contribution >= 4 is 35.0 Å². The quantitative estimate of drug-likeness (QED) is 0.407. The van der Waals surface area contributed by atoms with Crippen LogP contribution in [0.1, 0.15) is 24.0 Å². The van der Waals surface area contributed by atoms with E-state index in [0.717, 1.165) is 23.0 Å². The van der Waals surface area contributed by atoms with Crippen molar-refractivity contribution in [3.05, 3.63) is 65.2 Å². The van der Waals surface area contributed by atoms with Gasteiger partial charge in [-0.1, -0.05) is 30.3 Å². The molecule has 5 nitrogen and oxygen atoms in total. The average Bonchev–Trinajstić information content (AvgIpc) is 3.42. The maximum atomic E-state index is 13.0. The Morgan fingerprint density at radius 1 is 1.21 bits per heavy atom. The van der Waals surface area contributed by atoms with Crippen molar-refractivity contribution in [2.45, 2.75) is 31.3 Å². The summed E-state index contributed by atoms with van der Waals surface area (Å²) in [6.45, 7) is 5.56. The van der Waals surface area contributed by atoms with Crippen LogP contribution in [0.15, 0.2) is 59.1 Å². The molecule has 1 saturated heterocycles. The molecule has 0 spiro atoms. The molecule has 4 rings (SSSR count). The van der Waals surface area contributed by atoms with E-state index in [4.69, 9.17) is 0 Å². The molecule has 1 aliphatic heterocycles. The summed E-state index contributed by atoms with van der Waals surface area (Å²) in [5.41, 5.74) is 2.76. The van der Waals surface area contributed by atoms with Crippen LogP contribution in [0.25, 0.3) is 0 Å². The third kappa shape index (κ3) is 6.99. The summed E-state index contributed by atoms with van der Waals surface area (Å²) in [6, 6.07) is 14.4. The van der Waals surface area contributed by atoms with Gasteiger partial charge in [0.15, 0.2) is 0 Å². The first-order valence-electron chi connectivity index (χ1n) is 9.57. The lowest BCUT2D eigenvalue weighted by Gasteiger charge is -2.13. The van der Waals surface area contributed by atoms with Gasteiger partial charge in [-0.05, 0) is 67.6 Å². The number of hydrogen-bond acceptors (Lipinski definition) is 7. The molecule has 0 unspecified atom stereocenters. The van der Waals surface area contributed by atoms with Gasteiger partial charge in [0.2, 0.25) is 0 Å². The van der Waals surface area contributed by atoms with E-state index in [2.05, 4.69) is 49.3 Å². The van der Waals surface area contributed by atoms with Crippen molar-refractivity contribution in [1.29, 1.82) is 0 Å². The molecule has 8 heteroatoms. The smallest absolute Gasteiger partial charge is 0.149 e. The molecule has 1 N–H and O–H groups in total. The second kappa shape index (κ2) is 11.1. The maximum absolute atomic E-state index is 13.0.